The molecule has 0 spiro atoms. The van der Waals surface area contributed by atoms with Gasteiger partial charge in [0.2, 0.25) is 11.8 Å². The normalized spacial score (nSPS) is 31.3. The van der Waals surface area contributed by atoms with E-state index in [4.69, 9.17) is 4.74 Å². The Morgan fingerprint density at radius 2 is 2.27 bits per heavy atom. The average Bonchev–Trinajstić information content (AvgIpc) is 2.57. The second-order valence-corrected chi connectivity index (χ2v) is 3.57. The number of hydrogen-bond acceptors (Lipinski definition) is 4. The number of carbonyl (C=O) groups excluding carboxylic acids is 3. The summed E-state index contributed by atoms with van der Waals surface area (Å²) in [6, 6.07) is 0. The predicted molar refractivity (Wildman–Crippen MR) is 49.1 cm³/mol. The molecule has 2 fully saturated rings. The van der Waals surface area contributed by atoms with E-state index in [1.54, 1.807) is 5.94 Å². The van der Waals surface area contributed by atoms with Crippen LogP contribution in [0.4, 0.5) is 0 Å². The van der Waals surface area contributed by atoms with Gasteiger partial charge in [-0.3, -0.25) is 14.9 Å². The smallest absolute Gasteiger partial charge is 0.233 e. The molecule has 1 N–H and O–H groups in total. The van der Waals surface area contributed by atoms with Crippen LogP contribution in [0.25, 0.3) is 0 Å². The highest BCUT2D eigenvalue weighted by Gasteiger charge is 2.41. The third-order valence-electron chi connectivity index (χ3n) is 2.57. The van der Waals surface area contributed by atoms with Gasteiger partial charge in [0.1, 0.15) is 12.0 Å². The quantitative estimate of drug-likeness (QED) is 0.461. The van der Waals surface area contributed by atoms with Gasteiger partial charge in [0, 0.05) is 12.2 Å². The van der Waals surface area contributed by atoms with E-state index in [1.165, 1.54) is 6.42 Å². The van der Waals surface area contributed by atoms with Gasteiger partial charge in [-0.05, 0) is 12.8 Å². The van der Waals surface area contributed by atoms with Gasteiger partial charge in [-0.2, -0.15) is 0 Å². The van der Waals surface area contributed by atoms with E-state index in [9.17, 15) is 14.4 Å². The van der Waals surface area contributed by atoms with Gasteiger partial charge in [0.15, 0.2) is 0 Å². The van der Waals surface area contributed by atoms with Crippen LogP contribution in [-0.2, 0) is 19.1 Å². The monoisotopic (exact) mass is 208 g/mol. The largest absolute Gasteiger partial charge is 0.372 e. The Morgan fingerprint density at radius 1 is 1.47 bits per heavy atom. The van der Waals surface area contributed by atoms with Crippen LogP contribution >= 0.6 is 0 Å². The first-order valence-corrected chi connectivity index (χ1v) is 4.77. The molecule has 0 aliphatic carbocycles. The molecule has 2 heterocycles. The van der Waals surface area contributed by atoms with Crippen molar-refractivity contribution in [3.05, 3.63) is 12.0 Å². The lowest BCUT2D eigenvalue weighted by atomic mass is 9.90. The Balaban J connectivity index is 2.18. The van der Waals surface area contributed by atoms with Crippen molar-refractivity contribution in [2.75, 3.05) is 6.61 Å². The molecule has 0 bridgehead atoms. The molecule has 1 radical (unpaired) electrons. The van der Waals surface area contributed by atoms with Gasteiger partial charge in [0.05, 0.1) is 12.3 Å². The molecule has 0 saturated carbocycles. The minimum Gasteiger partial charge on any atom is -0.372 e. The van der Waals surface area contributed by atoms with Crippen molar-refractivity contribution in [1.29, 1.82) is 0 Å². The van der Waals surface area contributed by atoms with E-state index in [-0.39, 0.29) is 0 Å². The molecule has 5 nitrogen and oxygen atoms in total. The zero-order valence-corrected chi connectivity index (χ0v) is 7.99. The summed E-state index contributed by atoms with van der Waals surface area (Å²) in [4.78, 5) is 33.0. The molecule has 0 aromatic carbocycles. The second kappa shape index (κ2) is 3.96. The summed E-state index contributed by atoms with van der Waals surface area (Å²) < 4.78 is 5.34. The summed E-state index contributed by atoms with van der Waals surface area (Å²) in [6.07, 6.45) is 1.99. The molecule has 0 aromatic rings. The van der Waals surface area contributed by atoms with Gasteiger partial charge in [0.25, 0.3) is 0 Å². The highest BCUT2D eigenvalue weighted by atomic mass is 16.5. The molecule has 2 saturated heterocycles. The lowest BCUT2D eigenvalue weighted by molar-refractivity contribution is -0.127. The summed E-state index contributed by atoms with van der Waals surface area (Å²) >= 11 is 0. The van der Waals surface area contributed by atoms with E-state index in [2.05, 4.69) is 5.32 Å². The third kappa shape index (κ3) is 1.84. The maximum absolute atomic E-state index is 11.4. The third-order valence-corrected chi connectivity index (χ3v) is 2.57. The molecule has 79 valence electrons. The van der Waals surface area contributed by atoms with Crippen LogP contribution in [0.15, 0.2) is 5.57 Å². The summed E-state index contributed by atoms with van der Waals surface area (Å²) in [5.74, 6) is 0.295. The summed E-state index contributed by atoms with van der Waals surface area (Å²) in [5.41, 5.74) is 0.437. The lowest BCUT2D eigenvalue weighted by Gasteiger charge is -2.26. The first kappa shape index (κ1) is 10.1. The van der Waals surface area contributed by atoms with Gasteiger partial charge in [-0.1, -0.05) is 0 Å². The highest BCUT2D eigenvalue weighted by Crippen LogP contribution is 2.27. The number of imide groups is 1. The first-order chi connectivity index (χ1) is 7.22. The zero-order chi connectivity index (χ0) is 10.8. The summed E-state index contributed by atoms with van der Waals surface area (Å²) in [5, 5.41) is 2.15. The summed E-state index contributed by atoms with van der Waals surface area (Å²) in [7, 11) is 0. The molecule has 2 aliphatic rings. The topological polar surface area (TPSA) is 72.5 Å². The van der Waals surface area contributed by atoms with Crippen LogP contribution in [-0.4, -0.2) is 30.5 Å². The minimum atomic E-state index is -0.672. The first-order valence-electron chi connectivity index (χ1n) is 4.77. The molecule has 2 atom stereocenters. The predicted octanol–water partition coefficient (Wildman–Crippen LogP) is -0.600. The SMILES string of the molecule is O=C=C1CCCOC1C1[CH]C(=O)NC1=O. The number of ether oxygens (including phenoxy) is 1. The van der Waals surface area contributed by atoms with Crippen LogP contribution in [0.1, 0.15) is 12.8 Å². The molecular weight excluding hydrogens is 198 g/mol. The van der Waals surface area contributed by atoms with Crippen LogP contribution < -0.4 is 5.32 Å². The number of rotatable bonds is 1. The summed E-state index contributed by atoms with van der Waals surface area (Å²) in [6.45, 7) is 0.502. The molecule has 2 rings (SSSR count). The standard InChI is InChI=1S/C10H10NO4/c12-5-6-2-1-3-15-9(6)7-4-8(13)11-10(7)14/h4,7,9H,1-3H2,(H,11,13,14). The molecule has 0 aromatic heterocycles. The Kier molecular flexibility index (Phi) is 2.66. The zero-order valence-electron chi connectivity index (χ0n) is 7.99. The molecule has 2 amide bonds. The van der Waals surface area contributed by atoms with E-state index >= 15 is 0 Å². The Labute approximate surface area is 86.5 Å². The van der Waals surface area contributed by atoms with Crippen molar-refractivity contribution in [1.82, 2.24) is 5.32 Å². The fourth-order valence-corrected chi connectivity index (χ4v) is 1.86. The maximum Gasteiger partial charge on any atom is 0.233 e. The Bertz CT molecular complexity index is 356. The highest BCUT2D eigenvalue weighted by molar-refractivity contribution is 6.09. The van der Waals surface area contributed by atoms with E-state index in [1.807, 2.05) is 0 Å². The van der Waals surface area contributed by atoms with Crippen molar-refractivity contribution in [2.45, 2.75) is 18.9 Å². The number of amides is 2. The Hall–Kier alpha value is -1.45. The minimum absolute atomic E-state index is 0.403. The van der Waals surface area contributed by atoms with E-state index < -0.39 is 23.8 Å². The van der Waals surface area contributed by atoms with Gasteiger partial charge in [-0.25, -0.2) is 4.79 Å². The van der Waals surface area contributed by atoms with Crippen molar-refractivity contribution in [2.24, 2.45) is 5.92 Å². The average molecular weight is 208 g/mol. The number of carbonyl (C=O) groups is 2. The van der Waals surface area contributed by atoms with Crippen LogP contribution in [0.3, 0.4) is 0 Å². The fraction of sp³-hybridized carbons (Fsp3) is 0.500. The van der Waals surface area contributed by atoms with Crippen molar-refractivity contribution >= 4 is 17.8 Å². The van der Waals surface area contributed by atoms with Crippen molar-refractivity contribution in [3.8, 4) is 0 Å². The lowest BCUT2D eigenvalue weighted by Crippen LogP contribution is -2.35. The number of nitrogens with one attached hydrogen (secondary N) is 1. The van der Waals surface area contributed by atoms with Crippen molar-refractivity contribution < 1.29 is 19.1 Å². The Morgan fingerprint density at radius 3 is 2.87 bits per heavy atom. The second-order valence-electron chi connectivity index (χ2n) is 3.57. The van der Waals surface area contributed by atoms with E-state index in [0.717, 1.165) is 6.42 Å². The molecule has 2 unspecified atom stereocenters. The van der Waals surface area contributed by atoms with Crippen LogP contribution in [0.5, 0.6) is 0 Å². The maximum atomic E-state index is 11.4. The van der Waals surface area contributed by atoms with Gasteiger partial charge < -0.3 is 4.74 Å². The van der Waals surface area contributed by atoms with Crippen molar-refractivity contribution in [3.63, 3.8) is 0 Å². The van der Waals surface area contributed by atoms with Crippen LogP contribution in [0, 0.1) is 12.3 Å². The molecular formula is C10H10NO4. The molecule has 2 aliphatic heterocycles. The van der Waals surface area contributed by atoms with E-state index in [0.29, 0.717) is 18.6 Å². The van der Waals surface area contributed by atoms with Gasteiger partial charge >= 0.3 is 0 Å². The fourth-order valence-electron chi connectivity index (χ4n) is 1.86. The van der Waals surface area contributed by atoms with Crippen LogP contribution in [0.2, 0.25) is 0 Å². The number of hydrogen-bond donors (Lipinski definition) is 1. The molecule has 15 heavy (non-hydrogen) atoms. The van der Waals surface area contributed by atoms with Gasteiger partial charge in [-0.15, -0.1) is 0 Å². The molecule has 5 heteroatoms.